The molecule has 0 atom stereocenters. The first-order chi connectivity index (χ1) is 19.7. The predicted octanol–water partition coefficient (Wildman–Crippen LogP) is 9.17. The number of fused-ring (bicyclic) bond motifs is 10. The van der Waals surface area contributed by atoms with Gasteiger partial charge in [-0.1, -0.05) is 72.8 Å². The van der Waals surface area contributed by atoms with E-state index in [1.54, 1.807) is 24.3 Å². The Hall–Kier alpha value is -5.09. The fourth-order valence-corrected chi connectivity index (χ4v) is 6.68. The van der Waals surface area contributed by atoms with Crippen LogP contribution in [0.15, 0.2) is 134 Å². The Bertz CT molecular complexity index is 1820. The summed E-state index contributed by atoms with van der Waals surface area (Å²) >= 11 is 0. The van der Waals surface area contributed by atoms with Crippen LogP contribution in [0.4, 0.5) is 25.8 Å². The third-order valence-electron chi connectivity index (χ3n) is 8.24. The molecule has 0 amide bonds. The molecule has 2 nitrogen and oxygen atoms in total. The molecule has 5 aromatic carbocycles. The zero-order chi connectivity index (χ0) is 26.8. The van der Waals surface area contributed by atoms with Gasteiger partial charge < -0.3 is 4.90 Å². The first-order valence-electron chi connectivity index (χ1n) is 13.3. The molecule has 6 aromatic rings. The van der Waals surface area contributed by atoms with Gasteiger partial charge in [-0.2, -0.15) is 0 Å². The number of nitrogens with zero attached hydrogens (tertiary/aromatic N) is 2. The first kappa shape index (κ1) is 22.9. The Kier molecular flexibility index (Phi) is 4.83. The standard InChI is InChI=1S/C36H22F2N2/c37-23-13-17-25(18-14-23)40(26-19-15-24(38)16-20-26)27-21-34-35(39-22-27)30-9-3-6-12-33(30)36(34)31-10-4-1-7-28(31)29-8-2-5-11-32(29)36/h1-22H. The number of benzene rings is 5. The van der Waals surface area contributed by atoms with Crippen molar-refractivity contribution >= 4 is 17.1 Å². The number of hydrogen-bond donors (Lipinski definition) is 0. The molecule has 0 saturated carbocycles. The highest BCUT2D eigenvalue weighted by Gasteiger charge is 2.52. The zero-order valence-electron chi connectivity index (χ0n) is 21.4. The number of anilines is 3. The maximum absolute atomic E-state index is 13.9. The van der Waals surface area contributed by atoms with Gasteiger partial charge in [0.1, 0.15) is 11.6 Å². The molecule has 0 saturated heterocycles. The quantitative estimate of drug-likeness (QED) is 0.231. The second-order valence-corrected chi connectivity index (χ2v) is 10.3. The third kappa shape index (κ3) is 3.04. The highest BCUT2D eigenvalue weighted by atomic mass is 19.1. The average molecular weight is 521 g/mol. The molecule has 40 heavy (non-hydrogen) atoms. The van der Waals surface area contributed by atoms with Crippen molar-refractivity contribution in [1.82, 2.24) is 4.98 Å². The Morgan fingerprint density at radius 2 is 0.925 bits per heavy atom. The summed E-state index contributed by atoms with van der Waals surface area (Å²) in [5.74, 6) is -0.632. The fraction of sp³-hybridized carbons (Fsp3) is 0.0278. The van der Waals surface area contributed by atoms with Crippen molar-refractivity contribution in [2.75, 3.05) is 4.90 Å². The van der Waals surface area contributed by atoms with Crippen LogP contribution in [0.3, 0.4) is 0 Å². The molecule has 1 spiro atoms. The minimum atomic E-state index is -0.528. The largest absolute Gasteiger partial charge is 0.309 e. The number of pyridine rings is 1. The molecule has 0 bridgehead atoms. The van der Waals surface area contributed by atoms with Gasteiger partial charge >= 0.3 is 0 Å². The van der Waals surface area contributed by atoms with E-state index < -0.39 is 5.41 Å². The third-order valence-corrected chi connectivity index (χ3v) is 8.24. The lowest BCUT2D eigenvalue weighted by Gasteiger charge is -2.31. The molecule has 2 aliphatic rings. The number of aromatic nitrogens is 1. The summed E-state index contributed by atoms with van der Waals surface area (Å²) in [6, 6.07) is 40.7. The van der Waals surface area contributed by atoms with Gasteiger partial charge in [0, 0.05) is 22.5 Å². The molecule has 1 aromatic heterocycles. The maximum atomic E-state index is 13.9. The monoisotopic (exact) mass is 520 g/mol. The van der Waals surface area contributed by atoms with E-state index >= 15 is 0 Å². The van der Waals surface area contributed by atoms with Crippen molar-refractivity contribution in [3.63, 3.8) is 0 Å². The Labute approximate surface area is 230 Å². The van der Waals surface area contributed by atoms with Crippen LogP contribution in [0.25, 0.3) is 22.4 Å². The lowest BCUT2D eigenvalue weighted by molar-refractivity contribution is 0.628. The van der Waals surface area contributed by atoms with Crippen molar-refractivity contribution < 1.29 is 8.78 Å². The molecule has 0 radical (unpaired) electrons. The summed E-state index contributed by atoms with van der Waals surface area (Å²) in [6.07, 6.45) is 1.86. The van der Waals surface area contributed by atoms with E-state index in [0.717, 1.165) is 33.9 Å². The van der Waals surface area contributed by atoms with Gasteiger partial charge in [0.25, 0.3) is 0 Å². The van der Waals surface area contributed by atoms with Gasteiger partial charge in [-0.05, 0) is 82.4 Å². The van der Waals surface area contributed by atoms with E-state index in [4.69, 9.17) is 4.98 Å². The second kappa shape index (κ2) is 8.45. The van der Waals surface area contributed by atoms with Gasteiger partial charge in [0.2, 0.25) is 0 Å². The van der Waals surface area contributed by atoms with Crippen LogP contribution in [0, 0.1) is 11.6 Å². The smallest absolute Gasteiger partial charge is 0.123 e. The van der Waals surface area contributed by atoms with E-state index in [0.29, 0.717) is 0 Å². The van der Waals surface area contributed by atoms with Crippen LogP contribution >= 0.6 is 0 Å². The van der Waals surface area contributed by atoms with Gasteiger partial charge in [-0.25, -0.2) is 8.78 Å². The summed E-state index contributed by atoms with van der Waals surface area (Å²) in [5.41, 5.74) is 11.1. The molecule has 0 N–H and O–H groups in total. The van der Waals surface area contributed by atoms with Crippen molar-refractivity contribution in [1.29, 1.82) is 0 Å². The Morgan fingerprint density at radius 1 is 0.475 bits per heavy atom. The lowest BCUT2D eigenvalue weighted by atomic mass is 9.71. The van der Waals surface area contributed by atoms with Gasteiger partial charge in [-0.15, -0.1) is 0 Å². The first-order valence-corrected chi connectivity index (χ1v) is 13.3. The van der Waals surface area contributed by atoms with Gasteiger partial charge in [-0.3, -0.25) is 4.98 Å². The normalized spacial score (nSPS) is 13.4. The Morgan fingerprint density at radius 3 is 1.45 bits per heavy atom. The van der Waals surface area contributed by atoms with Crippen LogP contribution in [-0.4, -0.2) is 4.98 Å². The molecule has 0 unspecified atom stereocenters. The van der Waals surface area contributed by atoms with E-state index in [1.807, 2.05) is 11.1 Å². The van der Waals surface area contributed by atoms with Crippen LogP contribution < -0.4 is 4.90 Å². The average Bonchev–Trinajstić information content (AvgIpc) is 3.46. The minimum absolute atomic E-state index is 0.316. The highest BCUT2D eigenvalue weighted by molar-refractivity contribution is 5.94. The summed E-state index contributed by atoms with van der Waals surface area (Å²) in [5, 5.41) is 0. The summed E-state index contributed by atoms with van der Waals surface area (Å²) in [7, 11) is 0. The highest BCUT2D eigenvalue weighted by Crippen LogP contribution is 2.62. The fourth-order valence-electron chi connectivity index (χ4n) is 6.68. The molecule has 8 rings (SSSR count). The zero-order valence-corrected chi connectivity index (χ0v) is 21.4. The molecule has 0 fully saturated rings. The molecule has 0 aliphatic heterocycles. The molecule has 1 heterocycles. The molecular formula is C36H22F2N2. The molecule has 4 heteroatoms. The van der Waals surface area contributed by atoms with Crippen molar-refractivity contribution in [3.8, 4) is 22.4 Å². The van der Waals surface area contributed by atoms with E-state index in [-0.39, 0.29) is 11.6 Å². The van der Waals surface area contributed by atoms with Crippen molar-refractivity contribution in [3.05, 3.63) is 167 Å². The SMILES string of the molecule is Fc1ccc(N(c2ccc(F)cc2)c2cnc3c(c2)C2(c4ccccc4-c4ccccc42)c2ccccc2-3)cc1. The van der Waals surface area contributed by atoms with E-state index in [1.165, 1.54) is 52.1 Å². The molecule has 2 aliphatic carbocycles. The van der Waals surface area contributed by atoms with E-state index in [9.17, 15) is 8.78 Å². The lowest BCUT2D eigenvalue weighted by Crippen LogP contribution is -2.26. The topological polar surface area (TPSA) is 16.1 Å². The van der Waals surface area contributed by atoms with Crippen LogP contribution in [0.2, 0.25) is 0 Å². The van der Waals surface area contributed by atoms with E-state index in [2.05, 4.69) is 78.9 Å². The maximum Gasteiger partial charge on any atom is 0.123 e. The van der Waals surface area contributed by atoms with Crippen molar-refractivity contribution in [2.24, 2.45) is 0 Å². The summed E-state index contributed by atoms with van der Waals surface area (Å²) in [4.78, 5) is 7.08. The van der Waals surface area contributed by atoms with Gasteiger partial charge in [0.15, 0.2) is 0 Å². The Balaban J connectivity index is 1.44. The van der Waals surface area contributed by atoms with Crippen LogP contribution in [0.1, 0.15) is 22.3 Å². The number of halogens is 2. The second-order valence-electron chi connectivity index (χ2n) is 10.3. The van der Waals surface area contributed by atoms with Crippen LogP contribution in [0.5, 0.6) is 0 Å². The summed E-state index contributed by atoms with van der Waals surface area (Å²) in [6.45, 7) is 0. The minimum Gasteiger partial charge on any atom is -0.309 e. The molecule has 190 valence electrons. The van der Waals surface area contributed by atoms with Crippen molar-refractivity contribution in [2.45, 2.75) is 5.41 Å². The van der Waals surface area contributed by atoms with Gasteiger partial charge in [0.05, 0.1) is 23.0 Å². The summed E-state index contributed by atoms with van der Waals surface area (Å²) < 4.78 is 27.9. The molecular weight excluding hydrogens is 498 g/mol. The number of hydrogen-bond acceptors (Lipinski definition) is 2. The van der Waals surface area contributed by atoms with Crippen LogP contribution in [-0.2, 0) is 5.41 Å². The number of rotatable bonds is 3. The predicted molar refractivity (Wildman–Crippen MR) is 155 cm³/mol.